The zero-order chi connectivity index (χ0) is 29.2. The first-order valence-electron chi connectivity index (χ1n) is 12.9. The van der Waals surface area contributed by atoms with E-state index in [2.05, 4.69) is 36.9 Å². The highest BCUT2D eigenvalue weighted by atomic mass is 19.1. The highest BCUT2D eigenvalue weighted by Gasteiger charge is 2.31. The number of ether oxygens (including phenoxy) is 3. The molecule has 1 aliphatic heterocycles. The van der Waals surface area contributed by atoms with E-state index in [1.54, 1.807) is 41.6 Å². The molecular weight excluding hydrogens is 543 g/mol. The average Bonchev–Trinajstić information content (AvgIpc) is 3.42. The van der Waals surface area contributed by atoms with Crippen LogP contribution < -0.4 is 19.5 Å². The predicted octanol–water partition coefficient (Wildman–Crippen LogP) is 4.37. The Morgan fingerprint density at radius 2 is 2.00 bits per heavy atom. The van der Waals surface area contributed by atoms with Gasteiger partial charge in [-0.25, -0.2) is 24.0 Å². The first-order valence-corrected chi connectivity index (χ1v) is 12.9. The minimum absolute atomic E-state index is 0.148. The van der Waals surface area contributed by atoms with Gasteiger partial charge in [0.25, 0.3) is 5.95 Å². The SMILES string of the molecule is C=CC(=O)N1CC(Oc2cc3c(Nc4ccc(Oc5ccnc(-n6cc(C)cn6)n5)cc4F)ncnc3cc2OC)C1. The molecule has 0 spiro atoms. The van der Waals surface area contributed by atoms with E-state index in [1.165, 1.54) is 42.5 Å². The van der Waals surface area contributed by atoms with Gasteiger partial charge in [-0.15, -0.1) is 0 Å². The first-order chi connectivity index (χ1) is 20.4. The molecule has 5 aromatic rings. The maximum absolute atomic E-state index is 15.2. The number of aromatic nitrogens is 6. The smallest absolute Gasteiger partial charge is 0.253 e. The molecule has 0 saturated carbocycles. The summed E-state index contributed by atoms with van der Waals surface area (Å²) in [6.45, 7) is 6.28. The number of aryl methyl sites for hydroxylation is 1. The highest BCUT2D eigenvalue weighted by molar-refractivity contribution is 5.93. The van der Waals surface area contributed by atoms with Gasteiger partial charge < -0.3 is 24.4 Å². The topological polar surface area (TPSA) is 129 Å². The van der Waals surface area contributed by atoms with Crippen LogP contribution in [0.5, 0.6) is 23.1 Å². The molecule has 13 heteroatoms. The second-order valence-electron chi connectivity index (χ2n) is 9.46. The number of fused-ring (bicyclic) bond motifs is 1. The molecule has 4 heterocycles. The summed E-state index contributed by atoms with van der Waals surface area (Å²) in [6, 6.07) is 9.42. The van der Waals surface area contributed by atoms with Crippen LogP contribution in [0.25, 0.3) is 16.9 Å². The monoisotopic (exact) mass is 568 g/mol. The summed E-state index contributed by atoms with van der Waals surface area (Å²) in [7, 11) is 1.53. The van der Waals surface area contributed by atoms with Crippen LogP contribution in [0.3, 0.4) is 0 Å². The fourth-order valence-electron chi connectivity index (χ4n) is 4.35. The third-order valence-electron chi connectivity index (χ3n) is 6.50. The largest absolute Gasteiger partial charge is 0.493 e. The molecule has 42 heavy (non-hydrogen) atoms. The molecule has 3 aromatic heterocycles. The molecule has 0 aliphatic carbocycles. The molecule has 0 bridgehead atoms. The summed E-state index contributed by atoms with van der Waals surface area (Å²) in [5.74, 6) is 1.40. The summed E-state index contributed by atoms with van der Waals surface area (Å²) in [5.41, 5.74) is 1.70. The molecule has 6 rings (SSSR count). The van der Waals surface area contributed by atoms with Gasteiger partial charge in [0, 0.05) is 36.0 Å². The van der Waals surface area contributed by atoms with Crippen molar-refractivity contribution in [3.05, 3.63) is 85.4 Å². The van der Waals surface area contributed by atoms with E-state index in [9.17, 15) is 4.79 Å². The van der Waals surface area contributed by atoms with E-state index < -0.39 is 5.82 Å². The molecule has 1 saturated heterocycles. The Bertz CT molecular complexity index is 1800. The van der Waals surface area contributed by atoms with Crippen LogP contribution in [0, 0.1) is 12.7 Å². The van der Waals surface area contributed by atoms with Crippen molar-refractivity contribution in [2.75, 3.05) is 25.5 Å². The van der Waals surface area contributed by atoms with Crippen LogP contribution in [0.4, 0.5) is 15.9 Å². The van der Waals surface area contributed by atoms with Crippen LogP contribution in [0.1, 0.15) is 5.56 Å². The number of halogens is 1. The van der Waals surface area contributed by atoms with E-state index in [0.29, 0.717) is 47.3 Å². The number of carbonyl (C=O) groups excluding carboxylic acids is 1. The Kier molecular flexibility index (Phi) is 7.05. The lowest BCUT2D eigenvalue weighted by Gasteiger charge is -2.38. The molecular formula is C29H25FN8O4. The number of rotatable bonds is 9. The summed E-state index contributed by atoms with van der Waals surface area (Å²) in [5, 5.41) is 7.82. The quantitative estimate of drug-likeness (QED) is 0.256. The molecule has 1 fully saturated rings. The fourth-order valence-corrected chi connectivity index (χ4v) is 4.35. The average molecular weight is 569 g/mol. The van der Waals surface area contributed by atoms with Crippen molar-refractivity contribution in [3.8, 4) is 29.1 Å². The standard InChI is InChI=1S/C29H25FN8O4/c1-4-27(39)37-14-19(15-37)41-25-10-20-23(11-24(25)40-3)32-16-33-28(20)35-22-6-5-18(9-21(22)30)42-26-7-8-31-29(36-26)38-13-17(2)12-34-38/h4-13,16,19H,1,14-15H2,2-3H3,(H,32,33,35). The molecule has 0 unspecified atom stereocenters. The summed E-state index contributed by atoms with van der Waals surface area (Å²) < 4.78 is 34.1. The number of nitrogens with zero attached hydrogens (tertiary/aromatic N) is 7. The van der Waals surface area contributed by atoms with Gasteiger partial charge in [-0.2, -0.15) is 10.1 Å². The first kappa shape index (κ1) is 26.6. The molecule has 0 atom stereocenters. The van der Waals surface area contributed by atoms with E-state index in [-0.39, 0.29) is 29.3 Å². The molecule has 1 amide bonds. The minimum Gasteiger partial charge on any atom is -0.493 e. The van der Waals surface area contributed by atoms with Crippen LogP contribution in [0.2, 0.25) is 0 Å². The van der Waals surface area contributed by atoms with E-state index in [1.807, 2.05) is 6.92 Å². The van der Waals surface area contributed by atoms with Crippen molar-refractivity contribution in [2.24, 2.45) is 0 Å². The van der Waals surface area contributed by atoms with Crippen LogP contribution >= 0.6 is 0 Å². The lowest BCUT2D eigenvalue weighted by Crippen LogP contribution is -2.55. The Hall–Kier alpha value is -5.59. The van der Waals surface area contributed by atoms with E-state index in [0.717, 1.165) is 5.56 Å². The maximum Gasteiger partial charge on any atom is 0.253 e. The Morgan fingerprint density at radius 1 is 1.14 bits per heavy atom. The van der Waals surface area contributed by atoms with Gasteiger partial charge >= 0.3 is 0 Å². The maximum atomic E-state index is 15.2. The number of anilines is 2. The third-order valence-corrected chi connectivity index (χ3v) is 6.50. The van der Waals surface area contributed by atoms with Gasteiger partial charge in [0.05, 0.1) is 37.6 Å². The summed E-state index contributed by atoms with van der Waals surface area (Å²) in [4.78, 5) is 30.6. The van der Waals surface area contributed by atoms with Gasteiger partial charge in [-0.3, -0.25) is 4.79 Å². The molecule has 12 nitrogen and oxygen atoms in total. The van der Waals surface area contributed by atoms with Crippen molar-refractivity contribution >= 4 is 28.3 Å². The number of amides is 1. The molecule has 0 radical (unpaired) electrons. The molecule has 212 valence electrons. The van der Waals surface area contributed by atoms with Gasteiger partial charge in [-0.1, -0.05) is 6.58 Å². The zero-order valence-electron chi connectivity index (χ0n) is 22.7. The van der Waals surface area contributed by atoms with Crippen LogP contribution in [-0.4, -0.2) is 66.8 Å². The Morgan fingerprint density at radius 3 is 2.74 bits per heavy atom. The molecule has 1 N–H and O–H groups in total. The number of likely N-dealkylation sites (tertiary alicyclic amines) is 1. The number of hydrogen-bond acceptors (Lipinski definition) is 10. The zero-order valence-corrected chi connectivity index (χ0v) is 22.7. The van der Waals surface area contributed by atoms with E-state index in [4.69, 9.17) is 14.2 Å². The summed E-state index contributed by atoms with van der Waals surface area (Å²) >= 11 is 0. The van der Waals surface area contributed by atoms with Crippen LogP contribution in [0.15, 0.2) is 74.0 Å². The number of benzene rings is 2. The van der Waals surface area contributed by atoms with Crippen molar-refractivity contribution < 1.29 is 23.4 Å². The van der Waals surface area contributed by atoms with Gasteiger partial charge in [-0.05, 0) is 36.8 Å². The van der Waals surface area contributed by atoms with Gasteiger partial charge in [0.2, 0.25) is 11.8 Å². The normalized spacial score (nSPS) is 13.0. The Labute approximate surface area is 239 Å². The third kappa shape index (κ3) is 5.39. The van der Waals surface area contributed by atoms with Crippen molar-refractivity contribution in [1.82, 2.24) is 34.6 Å². The highest BCUT2D eigenvalue weighted by Crippen LogP contribution is 2.36. The fraction of sp³-hybridized carbons (Fsp3) is 0.172. The minimum atomic E-state index is -0.567. The Balaban J connectivity index is 1.21. The lowest BCUT2D eigenvalue weighted by molar-refractivity contribution is -0.134. The number of nitrogens with one attached hydrogen (secondary N) is 1. The molecule has 1 aliphatic rings. The van der Waals surface area contributed by atoms with Crippen molar-refractivity contribution in [1.29, 1.82) is 0 Å². The van der Waals surface area contributed by atoms with Crippen molar-refractivity contribution in [2.45, 2.75) is 13.0 Å². The second-order valence-corrected chi connectivity index (χ2v) is 9.46. The second kappa shape index (κ2) is 11.1. The van der Waals surface area contributed by atoms with E-state index >= 15 is 4.39 Å². The van der Waals surface area contributed by atoms with Gasteiger partial charge in [0.1, 0.15) is 29.8 Å². The lowest BCUT2D eigenvalue weighted by atomic mass is 10.1. The molecule has 2 aromatic carbocycles. The number of hydrogen-bond donors (Lipinski definition) is 1. The van der Waals surface area contributed by atoms with Gasteiger partial charge in [0.15, 0.2) is 11.5 Å². The number of carbonyl (C=O) groups is 1. The predicted molar refractivity (Wildman–Crippen MR) is 151 cm³/mol. The van der Waals surface area contributed by atoms with Crippen LogP contribution in [-0.2, 0) is 4.79 Å². The van der Waals surface area contributed by atoms with Crippen molar-refractivity contribution in [3.63, 3.8) is 0 Å². The number of methoxy groups -OCH3 is 1. The summed E-state index contributed by atoms with van der Waals surface area (Å²) in [6.07, 6.45) is 7.46.